The number of rotatable bonds is 3. The first-order valence-electron chi connectivity index (χ1n) is 6.31. The molecule has 2 heterocycles. The molecule has 9 nitrogen and oxygen atoms in total. The maximum atomic E-state index is 12.1. The number of aromatic nitrogens is 2. The number of ether oxygens (including phenoxy) is 1. The third-order valence-corrected chi connectivity index (χ3v) is 3.09. The van der Waals surface area contributed by atoms with Gasteiger partial charge in [-0.15, -0.1) is 0 Å². The van der Waals surface area contributed by atoms with Gasteiger partial charge in [0.05, 0.1) is 0 Å². The van der Waals surface area contributed by atoms with E-state index in [1.807, 2.05) is 0 Å². The number of nitrogen functional groups attached to an aromatic ring is 1. The number of aliphatic hydroxyl groups is 2. The first kappa shape index (κ1) is 17.2. The lowest BCUT2D eigenvalue weighted by Gasteiger charge is -2.16. The van der Waals surface area contributed by atoms with E-state index < -0.39 is 48.9 Å². The molecule has 23 heavy (non-hydrogen) atoms. The quantitative estimate of drug-likeness (QED) is 0.506. The van der Waals surface area contributed by atoms with E-state index in [0.717, 1.165) is 10.8 Å². The summed E-state index contributed by atoms with van der Waals surface area (Å²) in [6.07, 6.45) is -10.3. The molecule has 0 bridgehead atoms. The zero-order chi connectivity index (χ0) is 17.4. The lowest BCUT2D eigenvalue weighted by atomic mass is 10.1. The predicted molar refractivity (Wildman–Crippen MR) is 67.9 cm³/mol. The molecule has 4 atom stereocenters. The van der Waals surface area contributed by atoms with E-state index >= 15 is 0 Å². The second kappa shape index (κ2) is 6.14. The van der Waals surface area contributed by atoms with Gasteiger partial charge in [0, 0.05) is 6.20 Å². The predicted octanol–water partition coefficient (Wildman–Crippen LogP) is -1.88. The number of nitrogens with one attached hydrogen (secondary N) is 1. The van der Waals surface area contributed by atoms with Gasteiger partial charge in [0.25, 0.3) is 5.91 Å². The van der Waals surface area contributed by atoms with Crippen molar-refractivity contribution in [2.24, 2.45) is 0 Å². The number of carbonyl (C=O) groups is 1. The Kier molecular flexibility index (Phi) is 4.58. The van der Waals surface area contributed by atoms with E-state index in [1.165, 1.54) is 11.4 Å². The van der Waals surface area contributed by atoms with Gasteiger partial charge in [0.15, 0.2) is 12.3 Å². The molecule has 128 valence electrons. The maximum Gasteiger partial charge on any atom is 0.405 e. The Morgan fingerprint density at radius 1 is 1.43 bits per heavy atom. The molecular weight excluding hydrogens is 325 g/mol. The lowest BCUT2D eigenvalue weighted by molar-refractivity contribution is -0.149. The highest BCUT2D eigenvalue weighted by molar-refractivity contribution is 5.81. The summed E-state index contributed by atoms with van der Waals surface area (Å²) in [7, 11) is 0. The van der Waals surface area contributed by atoms with Gasteiger partial charge >= 0.3 is 11.9 Å². The van der Waals surface area contributed by atoms with Gasteiger partial charge in [0.2, 0.25) is 0 Å². The van der Waals surface area contributed by atoms with Gasteiger partial charge < -0.3 is 26.0 Å². The summed E-state index contributed by atoms with van der Waals surface area (Å²) in [5, 5.41) is 21.1. The molecule has 0 unspecified atom stereocenters. The highest BCUT2D eigenvalue weighted by atomic mass is 19.4. The van der Waals surface area contributed by atoms with Crippen molar-refractivity contribution in [2.75, 3.05) is 12.3 Å². The third-order valence-electron chi connectivity index (χ3n) is 3.09. The minimum absolute atomic E-state index is 0.0984. The summed E-state index contributed by atoms with van der Waals surface area (Å²) in [6, 6.07) is 1.21. The van der Waals surface area contributed by atoms with E-state index in [2.05, 4.69) is 4.98 Å². The Bertz CT molecular complexity index is 649. The Labute approximate surface area is 126 Å². The Morgan fingerprint density at radius 3 is 2.65 bits per heavy atom. The van der Waals surface area contributed by atoms with Crippen molar-refractivity contribution in [3.05, 3.63) is 22.7 Å². The van der Waals surface area contributed by atoms with E-state index in [0.29, 0.717) is 0 Å². The number of amides is 1. The fraction of sp³-hybridized carbons (Fsp3) is 0.545. The highest BCUT2D eigenvalue weighted by Crippen LogP contribution is 2.28. The van der Waals surface area contributed by atoms with Crippen LogP contribution < -0.4 is 16.7 Å². The van der Waals surface area contributed by atoms with Gasteiger partial charge in [-0.3, -0.25) is 9.36 Å². The summed E-state index contributed by atoms with van der Waals surface area (Å²) in [6.45, 7) is -1.62. The largest absolute Gasteiger partial charge is 0.405 e. The molecule has 12 heteroatoms. The van der Waals surface area contributed by atoms with Crippen molar-refractivity contribution in [3.63, 3.8) is 0 Å². The van der Waals surface area contributed by atoms with Crippen LogP contribution in [0.4, 0.5) is 19.0 Å². The highest BCUT2D eigenvalue weighted by Gasteiger charge is 2.48. The SMILES string of the molecule is Nc1ccn([C@@H]2O[C@H](C(=O)NCC(F)(F)F)[C@@H](O)[C@H]2O)c(=O)n1. The average molecular weight is 338 g/mol. The van der Waals surface area contributed by atoms with Crippen molar-refractivity contribution in [2.45, 2.75) is 30.7 Å². The summed E-state index contributed by atoms with van der Waals surface area (Å²) in [4.78, 5) is 26.7. The summed E-state index contributed by atoms with van der Waals surface area (Å²) in [5.41, 5.74) is 4.38. The Hall–Kier alpha value is -2.18. The molecule has 0 aromatic carbocycles. The Morgan fingerprint density at radius 2 is 2.09 bits per heavy atom. The van der Waals surface area contributed by atoms with Crippen LogP contribution in [0.2, 0.25) is 0 Å². The van der Waals surface area contributed by atoms with Crippen LogP contribution in [0.15, 0.2) is 17.1 Å². The molecular formula is C11H13F3N4O5. The van der Waals surface area contributed by atoms with Gasteiger partial charge in [-0.25, -0.2) is 4.79 Å². The second-order valence-corrected chi connectivity index (χ2v) is 4.80. The molecule has 0 spiro atoms. The number of nitrogens with two attached hydrogens (primary N) is 1. The van der Waals surface area contributed by atoms with Gasteiger partial charge in [-0.2, -0.15) is 18.2 Å². The van der Waals surface area contributed by atoms with Crippen LogP contribution in [0.5, 0.6) is 0 Å². The molecule has 1 amide bonds. The molecule has 0 saturated carbocycles. The number of halogens is 3. The monoisotopic (exact) mass is 338 g/mol. The zero-order valence-corrected chi connectivity index (χ0v) is 11.4. The number of anilines is 1. The number of aliphatic hydroxyl groups excluding tert-OH is 2. The topological polar surface area (TPSA) is 140 Å². The van der Waals surface area contributed by atoms with Crippen LogP contribution in [-0.2, 0) is 9.53 Å². The molecule has 2 rings (SSSR count). The van der Waals surface area contributed by atoms with Crippen LogP contribution in [-0.4, -0.2) is 56.7 Å². The molecule has 0 aliphatic carbocycles. The van der Waals surface area contributed by atoms with E-state index in [9.17, 15) is 33.0 Å². The van der Waals surface area contributed by atoms with Crippen LogP contribution in [0.3, 0.4) is 0 Å². The van der Waals surface area contributed by atoms with E-state index in [-0.39, 0.29) is 5.82 Å². The number of hydrogen-bond acceptors (Lipinski definition) is 7. The van der Waals surface area contributed by atoms with Crippen molar-refractivity contribution in [3.8, 4) is 0 Å². The number of nitrogens with zero attached hydrogens (tertiary/aromatic N) is 2. The summed E-state index contributed by atoms with van der Waals surface area (Å²) in [5.74, 6) is -1.37. The molecule has 1 aromatic heterocycles. The molecule has 1 fully saturated rings. The maximum absolute atomic E-state index is 12.1. The molecule has 5 N–H and O–H groups in total. The number of carbonyl (C=O) groups excluding carboxylic acids is 1. The minimum Gasteiger partial charge on any atom is -0.387 e. The number of hydrogen-bond donors (Lipinski definition) is 4. The van der Waals surface area contributed by atoms with Gasteiger partial charge in [-0.1, -0.05) is 0 Å². The fourth-order valence-electron chi connectivity index (χ4n) is 2.01. The van der Waals surface area contributed by atoms with Gasteiger partial charge in [0.1, 0.15) is 24.6 Å². The summed E-state index contributed by atoms with van der Waals surface area (Å²) < 4.78 is 42.0. The first-order valence-corrected chi connectivity index (χ1v) is 6.31. The molecule has 1 aliphatic heterocycles. The van der Waals surface area contributed by atoms with Crippen molar-refractivity contribution >= 4 is 11.7 Å². The van der Waals surface area contributed by atoms with Crippen LogP contribution in [0, 0.1) is 0 Å². The Balaban J connectivity index is 2.15. The van der Waals surface area contributed by atoms with Crippen LogP contribution in [0.25, 0.3) is 0 Å². The molecule has 1 saturated heterocycles. The molecule has 1 aliphatic rings. The van der Waals surface area contributed by atoms with Crippen LogP contribution >= 0.6 is 0 Å². The number of alkyl halides is 3. The lowest BCUT2D eigenvalue weighted by Crippen LogP contribution is -2.45. The molecule has 0 radical (unpaired) electrons. The zero-order valence-electron chi connectivity index (χ0n) is 11.4. The smallest absolute Gasteiger partial charge is 0.387 e. The second-order valence-electron chi connectivity index (χ2n) is 4.80. The first-order chi connectivity index (χ1) is 10.6. The van der Waals surface area contributed by atoms with Crippen molar-refractivity contribution < 1.29 is 32.9 Å². The standard InChI is InChI=1S/C11H13F3N4O5/c12-11(13,14)3-16-8(21)7-5(19)6(20)9(23-7)18-2-1-4(15)17-10(18)22/h1-2,5-7,9,19-20H,3H2,(H,16,21)(H2,15,17,22)/t5-,6+,7-,9+/m0/s1. The van der Waals surface area contributed by atoms with Crippen molar-refractivity contribution in [1.82, 2.24) is 14.9 Å². The fourth-order valence-corrected chi connectivity index (χ4v) is 2.01. The van der Waals surface area contributed by atoms with Crippen molar-refractivity contribution in [1.29, 1.82) is 0 Å². The van der Waals surface area contributed by atoms with E-state index in [4.69, 9.17) is 10.5 Å². The average Bonchev–Trinajstić information content (AvgIpc) is 2.72. The van der Waals surface area contributed by atoms with E-state index in [1.54, 1.807) is 0 Å². The minimum atomic E-state index is -4.64. The third kappa shape index (κ3) is 3.78. The molecule has 1 aromatic rings. The van der Waals surface area contributed by atoms with Crippen LogP contribution in [0.1, 0.15) is 6.23 Å². The van der Waals surface area contributed by atoms with Gasteiger partial charge in [-0.05, 0) is 6.07 Å². The normalized spacial score (nSPS) is 27.9. The summed E-state index contributed by atoms with van der Waals surface area (Å²) >= 11 is 0.